The van der Waals surface area contributed by atoms with Gasteiger partial charge in [0.15, 0.2) is 0 Å². The van der Waals surface area contributed by atoms with Crippen molar-refractivity contribution in [1.82, 2.24) is 6.15 Å². The van der Waals surface area contributed by atoms with Gasteiger partial charge in [-0.05, 0) is 19.3 Å². The Morgan fingerprint density at radius 3 is 1.79 bits per heavy atom. The minimum absolute atomic E-state index is 0. The van der Waals surface area contributed by atoms with Crippen molar-refractivity contribution < 1.29 is 18.1 Å². The van der Waals surface area contributed by atoms with Crippen LogP contribution >= 0.6 is 0 Å². The first-order valence-corrected chi connectivity index (χ1v) is 10.9. The van der Waals surface area contributed by atoms with E-state index in [-0.39, 0.29) is 18.0 Å². The second-order valence-electron chi connectivity index (χ2n) is 6.20. The van der Waals surface area contributed by atoms with Crippen molar-refractivity contribution in [3.63, 3.8) is 0 Å². The van der Waals surface area contributed by atoms with Gasteiger partial charge in [-0.3, -0.25) is 4.79 Å². The summed E-state index contributed by atoms with van der Waals surface area (Å²) < 4.78 is 16.2. The van der Waals surface area contributed by atoms with Crippen molar-refractivity contribution in [3.8, 4) is 0 Å². The Labute approximate surface area is 149 Å². The molecule has 0 bridgehead atoms. The van der Waals surface area contributed by atoms with Crippen molar-refractivity contribution in [2.75, 3.05) is 21.3 Å². The van der Waals surface area contributed by atoms with Crippen LogP contribution in [0.15, 0.2) is 0 Å². The van der Waals surface area contributed by atoms with Crippen molar-refractivity contribution in [2.24, 2.45) is 11.7 Å². The first kappa shape index (κ1) is 25.8. The number of unbranched alkanes of at least 4 members (excludes halogenated alkanes) is 6. The lowest BCUT2D eigenvalue weighted by molar-refractivity contribution is -0.122. The molecule has 0 spiro atoms. The maximum absolute atomic E-state index is 11.6. The van der Waals surface area contributed by atoms with E-state index in [1.165, 1.54) is 38.5 Å². The molecule has 1 unspecified atom stereocenters. The minimum atomic E-state index is -2.53. The van der Waals surface area contributed by atoms with Gasteiger partial charge in [0.2, 0.25) is 5.91 Å². The molecule has 5 N–H and O–H groups in total. The van der Waals surface area contributed by atoms with Crippen LogP contribution in [-0.2, 0) is 18.1 Å². The maximum atomic E-state index is 11.6. The molecule has 7 heteroatoms. The van der Waals surface area contributed by atoms with Crippen molar-refractivity contribution in [2.45, 2.75) is 77.2 Å². The summed E-state index contributed by atoms with van der Waals surface area (Å²) >= 11 is 0. The monoisotopic (exact) mass is 364 g/mol. The quantitative estimate of drug-likeness (QED) is 0.317. The summed E-state index contributed by atoms with van der Waals surface area (Å²) in [6.45, 7) is 2.23. The average molecular weight is 365 g/mol. The smallest absolute Gasteiger partial charge is 0.377 e. The zero-order chi connectivity index (χ0) is 17.6. The lowest BCUT2D eigenvalue weighted by Gasteiger charge is -2.24. The Kier molecular flexibility index (Phi) is 17.2. The minimum Gasteiger partial charge on any atom is -0.377 e. The molecule has 0 saturated heterocycles. The molecule has 1 amide bonds. The van der Waals surface area contributed by atoms with Crippen LogP contribution in [-0.4, -0.2) is 36.0 Å². The third kappa shape index (κ3) is 11.1. The van der Waals surface area contributed by atoms with Gasteiger partial charge in [-0.1, -0.05) is 51.9 Å². The van der Waals surface area contributed by atoms with E-state index in [4.69, 9.17) is 19.0 Å². The third-order valence-electron chi connectivity index (χ3n) is 4.53. The summed E-state index contributed by atoms with van der Waals surface area (Å²) in [4.78, 5) is 11.6. The summed E-state index contributed by atoms with van der Waals surface area (Å²) in [5.41, 5.74) is 5.54. The molecule has 6 nitrogen and oxygen atoms in total. The molecule has 146 valence electrons. The summed E-state index contributed by atoms with van der Waals surface area (Å²) in [5, 5.41) is 0. The largest absolute Gasteiger partial charge is 0.500 e. The first-order chi connectivity index (χ1) is 11.0. The predicted molar refractivity (Wildman–Crippen MR) is 101 cm³/mol. The van der Waals surface area contributed by atoms with Crippen molar-refractivity contribution in [3.05, 3.63) is 0 Å². The zero-order valence-corrected chi connectivity index (χ0v) is 17.3. The highest BCUT2D eigenvalue weighted by Crippen LogP contribution is 2.22. The Morgan fingerprint density at radius 1 is 0.875 bits per heavy atom. The number of primary amides is 1. The molecule has 1 atom stereocenters. The van der Waals surface area contributed by atoms with Crippen LogP contribution in [0.4, 0.5) is 0 Å². The number of rotatable bonds is 16. The predicted octanol–water partition coefficient (Wildman–Crippen LogP) is 4.05. The van der Waals surface area contributed by atoms with E-state index in [0.717, 1.165) is 31.7 Å². The Balaban J connectivity index is 0. The van der Waals surface area contributed by atoms with Gasteiger partial charge < -0.3 is 25.2 Å². The Hall–Kier alpha value is -0.473. The lowest BCUT2D eigenvalue weighted by atomic mass is 9.95. The van der Waals surface area contributed by atoms with E-state index in [1.54, 1.807) is 21.3 Å². The van der Waals surface area contributed by atoms with Gasteiger partial charge in [0.25, 0.3) is 0 Å². The van der Waals surface area contributed by atoms with Gasteiger partial charge in [0.05, 0.1) is 0 Å². The normalized spacial score (nSPS) is 12.7. The van der Waals surface area contributed by atoms with E-state index >= 15 is 0 Å². The molecule has 0 aromatic carbocycles. The average Bonchev–Trinajstić information content (AvgIpc) is 2.56. The van der Waals surface area contributed by atoms with Crippen molar-refractivity contribution in [1.29, 1.82) is 0 Å². The van der Waals surface area contributed by atoms with Gasteiger partial charge in [0.1, 0.15) is 0 Å². The fourth-order valence-electron chi connectivity index (χ4n) is 2.90. The summed E-state index contributed by atoms with van der Waals surface area (Å²) in [5.74, 6) is -0.224. The molecule has 0 aliphatic carbocycles. The molecule has 24 heavy (non-hydrogen) atoms. The number of hydrogen-bond donors (Lipinski definition) is 2. The zero-order valence-electron chi connectivity index (χ0n) is 16.3. The highest BCUT2D eigenvalue weighted by Gasteiger charge is 2.37. The third-order valence-corrected chi connectivity index (χ3v) is 7.36. The number of nitrogens with two attached hydrogens (primary N) is 1. The Morgan fingerprint density at radius 2 is 1.33 bits per heavy atom. The number of carbonyl (C=O) groups is 1. The molecule has 0 heterocycles. The molecular formula is C17H40N2O4Si. The molecule has 0 aromatic rings. The molecule has 0 saturated carbocycles. The maximum Gasteiger partial charge on any atom is 0.500 e. The highest BCUT2D eigenvalue weighted by atomic mass is 28.4. The lowest BCUT2D eigenvalue weighted by Crippen LogP contribution is -2.42. The van der Waals surface area contributed by atoms with E-state index in [2.05, 4.69) is 6.92 Å². The van der Waals surface area contributed by atoms with Crippen LogP contribution < -0.4 is 11.9 Å². The topological polar surface area (TPSA) is 106 Å². The van der Waals surface area contributed by atoms with E-state index < -0.39 is 8.80 Å². The molecule has 0 rings (SSSR count). The fraction of sp³-hybridized carbons (Fsp3) is 0.941. The molecule has 0 aliphatic rings. The molecule has 0 fully saturated rings. The number of amides is 1. The molecule has 0 radical (unpaired) electrons. The number of hydrogen-bond acceptors (Lipinski definition) is 5. The highest BCUT2D eigenvalue weighted by molar-refractivity contribution is 6.60. The molecule has 0 aromatic heterocycles. The fourth-order valence-corrected chi connectivity index (χ4v) is 4.65. The standard InChI is InChI=1S/C17H37NO4Si.H3N/c1-5-6-7-8-9-10-11-13-16(17(18)19)14-12-15-23(20-2,21-3)22-4;/h16H,5-15H2,1-4H3,(H2,18,19);1H3. The Bertz CT molecular complexity index is 294. The van der Waals surface area contributed by atoms with Gasteiger partial charge >= 0.3 is 8.80 Å². The first-order valence-electron chi connectivity index (χ1n) is 9.00. The molecular weight excluding hydrogens is 324 g/mol. The molecule has 0 aliphatic heterocycles. The van der Waals surface area contributed by atoms with E-state index in [9.17, 15) is 4.79 Å². The van der Waals surface area contributed by atoms with Gasteiger partial charge in [-0.25, -0.2) is 0 Å². The van der Waals surface area contributed by atoms with Crippen LogP contribution in [0.3, 0.4) is 0 Å². The van der Waals surface area contributed by atoms with E-state index in [1.807, 2.05) is 0 Å². The van der Waals surface area contributed by atoms with Crippen LogP contribution in [0.1, 0.15) is 71.1 Å². The summed E-state index contributed by atoms with van der Waals surface area (Å²) in [6, 6.07) is 0.720. The van der Waals surface area contributed by atoms with Gasteiger partial charge in [-0.2, -0.15) is 0 Å². The van der Waals surface area contributed by atoms with Crippen LogP contribution in [0, 0.1) is 5.92 Å². The van der Waals surface area contributed by atoms with Crippen LogP contribution in [0.2, 0.25) is 6.04 Å². The second-order valence-corrected chi connectivity index (χ2v) is 9.29. The number of carbonyl (C=O) groups excluding carboxylic acids is 1. The summed E-state index contributed by atoms with van der Waals surface area (Å²) in [7, 11) is 2.32. The van der Waals surface area contributed by atoms with Crippen LogP contribution in [0.25, 0.3) is 0 Å². The van der Waals surface area contributed by atoms with Gasteiger partial charge in [0, 0.05) is 33.3 Å². The van der Waals surface area contributed by atoms with E-state index in [0.29, 0.717) is 0 Å². The van der Waals surface area contributed by atoms with Crippen molar-refractivity contribution >= 4 is 14.7 Å². The van der Waals surface area contributed by atoms with Gasteiger partial charge in [-0.15, -0.1) is 0 Å². The second kappa shape index (κ2) is 16.0. The summed E-state index contributed by atoms with van der Waals surface area (Å²) in [6.07, 6.45) is 11.3. The SMILES string of the molecule is CCCCCCCCCC(CCC[Si](OC)(OC)OC)C(N)=O.N. The van der Waals surface area contributed by atoms with Crippen LogP contribution in [0.5, 0.6) is 0 Å².